The molecule has 0 aliphatic heterocycles. The van der Waals surface area contributed by atoms with E-state index in [-0.39, 0.29) is 5.56 Å². The summed E-state index contributed by atoms with van der Waals surface area (Å²) in [5.41, 5.74) is -1.50. The van der Waals surface area contributed by atoms with E-state index in [1.54, 1.807) is 0 Å². The van der Waals surface area contributed by atoms with Crippen LogP contribution in [0.4, 0.5) is 13.2 Å². The van der Waals surface area contributed by atoms with E-state index in [2.05, 4.69) is 12.1 Å². The average Bonchev–Trinajstić information content (AvgIpc) is 2.60. The number of oxime groups is 1. The molecule has 26 heavy (non-hydrogen) atoms. The van der Waals surface area contributed by atoms with E-state index in [1.165, 1.54) is 75.6 Å². The molecule has 0 amide bonds. The van der Waals surface area contributed by atoms with Crippen molar-refractivity contribution in [2.24, 2.45) is 5.16 Å². The first-order valence-electron chi connectivity index (χ1n) is 9.51. The molecule has 1 aromatic rings. The van der Waals surface area contributed by atoms with Crippen LogP contribution in [0, 0.1) is 0 Å². The van der Waals surface area contributed by atoms with Gasteiger partial charge >= 0.3 is 6.18 Å². The molecule has 0 bridgehead atoms. The minimum absolute atomic E-state index is 0.189. The smallest absolute Gasteiger partial charge is 0.437 e. The number of halogens is 3. The number of ether oxygens (including phenoxy) is 1. The molecule has 1 rings (SSSR count). The zero-order valence-corrected chi connectivity index (χ0v) is 15.5. The lowest BCUT2D eigenvalue weighted by Crippen LogP contribution is -2.23. The molecule has 0 unspecified atom stereocenters. The van der Waals surface area contributed by atoms with Crippen LogP contribution in [0.5, 0.6) is 5.75 Å². The second kappa shape index (κ2) is 12.6. The fourth-order valence-electron chi connectivity index (χ4n) is 2.77. The number of alkyl halides is 3. The summed E-state index contributed by atoms with van der Waals surface area (Å²) in [5.74, 6) is 0.518. The van der Waals surface area contributed by atoms with Gasteiger partial charge < -0.3 is 9.94 Å². The summed E-state index contributed by atoms with van der Waals surface area (Å²) in [4.78, 5) is 0. The van der Waals surface area contributed by atoms with Crippen molar-refractivity contribution in [3.05, 3.63) is 29.8 Å². The van der Waals surface area contributed by atoms with E-state index in [1.807, 2.05) is 0 Å². The molecule has 0 atom stereocenters. The lowest BCUT2D eigenvalue weighted by molar-refractivity contribution is -0.0601. The lowest BCUT2D eigenvalue weighted by Gasteiger charge is -2.10. The van der Waals surface area contributed by atoms with E-state index in [0.29, 0.717) is 12.4 Å². The summed E-state index contributed by atoms with van der Waals surface area (Å²) in [6.45, 7) is 2.77. The number of rotatable bonds is 13. The molecule has 0 saturated carbocycles. The molecule has 148 valence electrons. The van der Waals surface area contributed by atoms with Crippen molar-refractivity contribution >= 4 is 5.71 Å². The van der Waals surface area contributed by atoms with Crippen molar-refractivity contribution < 1.29 is 23.1 Å². The highest BCUT2D eigenvalue weighted by molar-refractivity contribution is 6.04. The molecule has 0 aliphatic rings. The summed E-state index contributed by atoms with van der Waals surface area (Å²) in [5, 5.41) is 10.9. The average molecular weight is 373 g/mol. The van der Waals surface area contributed by atoms with Gasteiger partial charge in [-0.3, -0.25) is 0 Å². The molecule has 0 aromatic heterocycles. The summed E-state index contributed by atoms with van der Waals surface area (Å²) >= 11 is 0. The maximum Gasteiger partial charge on any atom is 0.437 e. The lowest BCUT2D eigenvalue weighted by atomic mass is 10.1. The third kappa shape index (κ3) is 9.11. The van der Waals surface area contributed by atoms with Crippen LogP contribution in [0.25, 0.3) is 0 Å². The van der Waals surface area contributed by atoms with Crippen LogP contribution in [0.3, 0.4) is 0 Å². The number of nitrogens with zero attached hydrogens (tertiary/aromatic N) is 1. The Morgan fingerprint density at radius 1 is 0.885 bits per heavy atom. The molecule has 1 N–H and O–H groups in total. The quantitative estimate of drug-likeness (QED) is 0.180. The zero-order valence-electron chi connectivity index (χ0n) is 15.5. The Morgan fingerprint density at radius 2 is 1.38 bits per heavy atom. The Balaban J connectivity index is 2.15. The maximum absolute atomic E-state index is 12.6. The van der Waals surface area contributed by atoms with Crippen LogP contribution in [0.2, 0.25) is 0 Å². The fourth-order valence-corrected chi connectivity index (χ4v) is 2.77. The largest absolute Gasteiger partial charge is 0.494 e. The van der Waals surface area contributed by atoms with Crippen molar-refractivity contribution in [3.8, 4) is 5.75 Å². The monoisotopic (exact) mass is 373 g/mol. The summed E-state index contributed by atoms with van der Waals surface area (Å²) in [7, 11) is 0. The first-order valence-corrected chi connectivity index (χ1v) is 9.51. The van der Waals surface area contributed by atoms with Crippen LogP contribution in [-0.2, 0) is 0 Å². The van der Waals surface area contributed by atoms with E-state index < -0.39 is 11.9 Å². The van der Waals surface area contributed by atoms with Gasteiger partial charge in [-0.1, -0.05) is 69.9 Å². The van der Waals surface area contributed by atoms with E-state index >= 15 is 0 Å². The van der Waals surface area contributed by atoms with Gasteiger partial charge in [-0.2, -0.15) is 13.2 Å². The normalized spacial score (nSPS) is 12.4. The molecule has 3 nitrogen and oxygen atoms in total. The van der Waals surface area contributed by atoms with E-state index in [4.69, 9.17) is 9.94 Å². The van der Waals surface area contributed by atoms with E-state index in [0.717, 1.165) is 12.8 Å². The van der Waals surface area contributed by atoms with Gasteiger partial charge in [-0.25, -0.2) is 0 Å². The van der Waals surface area contributed by atoms with Crippen molar-refractivity contribution in [2.45, 2.75) is 77.3 Å². The Hall–Kier alpha value is -1.72. The first-order chi connectivity index (χ1) is 12.5. The first kappa shape index (κ1) is 22.3. The van der Waals surface area contributed by atoms with Crippen molar-refractivity contribution in [3.63, 3.8) is 0 Å². The van der Waals surface area contributed by atoms with Crippen molar-refractivity contribution in [2.75, 3.05) is 6.61 Å². The van der Waals surface area contributed by atoms with Gasteiger partial charge in [0.25, 0.3) is 0 Å². The topological polar surface area (TPSA) is 41.8 Å². The molecular weight excluding hydrogens is 343 g/mol. The standard InChI is InChI=1S/C20H30F3NO2/c1-2-3-4-5-6-7-8-9-10-11-16-26-18-14-12-17(13-15-18)19(24-25)20(21,22)23/h12-15,25H,2-11,16H2,1H3. The van der Waals surface area contributed by atoms with Crippen molar-refractivity contribution in [1.29, 1.82) is 0 Å². The molecule has 0 heterocycles. The predicted molar refractivity (Wildman–Crippen MR) is 98.2 cm³/mol. The number of hydrogen-bond donors (Lipinski definition) is 1. The molecule has 0 spiro atoms. The van der Waals surface area contributed by atoms with Crippen LogP contribution >= 0.6 is 0 Å². The van der Waals surface area contributed by atoms with Crippen LogP contribution in [0.1, 0.15) is 76.7 Å². The van der Waals surface area contributed by atoms with Gasteiger partial charge in [0, 0.05) is 5.56 Å². The zero-order chi connectivity index (χ0) is 19.3. The molecular formula is C20H30F3NO2. The number of unbranched alkanes of at least 4 members (excludes halogenated alkanes) is 9. The second-order valence-corrected chi connectivity index (χ2v) is 6.50. The molecule has 0 fully saturated rings. The van der Waals surface area contributed by atoms with Crippen LogP contribution < -0.4 is 4.74 Å². The van der Waals surface area contributed by atoms with Gasteiger partial charge in [0.1, 0.15) is 5.75 Å². The highest BCUT2D eigenvalue weighted by atomic mass is 19.4. The van der Waals surface area contributed by atoms with Gasteiger partial charge in [0.05, 0.1) is 6.61 Å². The third-order valence-electron chi connectivity index (χ3n) is 4.26. The maximum atomic E-state index is 12.6. The van der Waals surface area contributed by atoms with Gasteiger partial charge in [-0.15, -0.1) is 0 Å². The van der Waals surface area contributed by atoms with Gasteiger partial charge in [0.15, 0.2) is 5.71 Å². The van der Waals surface area contributed by atoms with Crippen LogP contribution in [0.15, 0.2) is 29.4 Å². The van der Waals surface area contributed by atoms with E-state index in [9.17, 15) is 13.2 Å². The summed E-state index contributed by atoms with van der Waals surface area (Å²) in [6.07, 6.45) is 7.70. The number of hydrogen-bond acceptors (Lipinski definition) is 3. The summed E-state index contributed by atoms with van der Waals surface area (Å²) in [6, 6.07) is 5.41. The third-order valence-corrected chi connectivity index (χ3v) is 4.26. The summed E-state index contributed by atoms with van der Waals surface area (Å²) < 4.78 is 43.5. The minimum Gasteiger partial charge on any atom is -0.494 e. The molecule has 6 heteroatoms. The highest BCUT2D eigenvalue weighted by Gasteiger charge is 2.37. The predicted octanol–water partition coefficient (Wildman–Crippen LogP) is 6.73. The SMILES string of the molecule is CCCCCCCCCCCCOc1ccc(C(=NO)C(F)(F)F)cc1. The van der Waals surface area contributed by atoms with Gasteiger partial charge in [0.2, 0.25) is 0 Å². The van der Waals surface area contributed by atoms with Crippen molar-refractivity contribution in [1.82, 2.24) is 0 Å². The molecule has 0 radical (unpaired) electrons. The van der Waals surface area contributed by atoms with Crippen LogP contribution in [-0.4, -0.2) is 23.7 Å². The Labute approximate surface area is 154 Å². The Morgan fingerprint density at radius 3 is 1.85 bits per heavy atom. The van der Waals surface area contributed by atoms with Gasteiger partial charge in [-0.05, 0) is 30.7 Å². The fraction of sp³-hybridized carbons (Fsp3) is 0.650. The number of benzene rings is 1. The Bertz CT molecular complexity index is 513. The molecule has 0 aliphatic carbocycles. The second-order valence-electron chi connectivity index (χ2n) is 6.50. The highest BCUT2D eigenvalue weighted by Crippen LogP contribution is 2.24. The minimum atomic E-state index is -4.69. The molecule has 1 aromatic carbocycles. The Kier molecular flexibility index (Phi) is 10.8. The molecule has 0 saturated heterocycles.